The van der Waals surface area contributed by atoms with E-state index in [0.29, 0.717) is 54.9 Å². The lowest BCUT2D eigenvalue weighted by molar-refractivity contribution is -0.245. The Hall–Kier alpha value is -4.26. The highest BCUT2D eigenvalue weighted by molar-refractivity contribution is 8.01. The van der Waals surface area contributed by atoms with Crippen LogP contribution < -0.4 is 16.4 Å². The number of aromatic nitrogens is 1. The van der Waals surface area contributed by atoms with E-state index in [1.165, 1.54) is 0 Å². The molecule has 1 saturated heterocycles. The van der Waals surface area contributed by atoms with Crippen LogP contribution in [-0.4, -0.2) is 33.8 Å². The number of nitrogens with one attached hydrogen (secondary N) is 2. The monoisotopic (exact) mass is 682 g/mol. The number of fused-ring (bicyclic) bond motifs is 1. The van der Waals surface area contributed by atoms with E-state index in [0.717, 1.165) is 31.2 Å². The minimum absolute atomic E-state index is 0.0172. The van der Waals surface area contributed by atoms with Gasteiger partial charge in [0.2, 0.25) is 11.8 Å². The van der Waals surface area contributed by atoms with Crippen molar-refractivity contribution in [3.05, 3.63) is 114 Å². The van der Waals surface area contributed by atoms with Gasteiger partial charge in [-0.3, -0.25) is 9.59 Å². The number of anilines is 3. The third-order valence-corrected chi connectivity index (χ3v) is 10.3. The molecular weight excluding hydrogens is 645 g/mol. The van der Waals surface area contributed by atoms with Crippen LogP contribution in [0.25, 0.3) is 10.2 Å². The molecule has 0 saturated carbocycles. The number of benzene rings is 4. The molecule has 0 spiro atoms. The van der Waals surface area contributed by atoms with Crippen molar-refractivity contribution in [1.29, 1.82) is 0 Å². The van der Waals surface area contributed by atoms with E-state index in [9.17, 15) is 14.7 Å². The molecule has 1 aromatic heterocycles. The number of aliphatic hydroxyl groups excluding tert-OH is 1. The van der Waals surface area contributed by atoms with Gasteiger partial charge in [0.1, 0.15) is 0 Å². The first-order valence-corrected chi connectivity index (χ1v) is 17.8. The van der Waals surface area contributed by atoms with Gasteiger partial charge >= 0.3 is 0 Å². The fourth-order valence-corrected chi connectivity index (χ4v) is 7.59. The van der Waals surface area contributed by atoms with Crippen molar-refractivity contribution in [2.45, 2.75) is 61.5 Å². The van der Waals surface area contributed by atoms with Gasteiger partial charge in [-0.15, -0.1) is 11.3 Å². The van der Waals surface area contributed by atoms with E-state index in [2.05, 4.69) is 16.7 Å². The molecule has 1 aliphatic rings. The minimum atomic E-state index is -0.642. The van der Waals surface area contributed by atoms with E-state index in [1.54, 1.807) is 35.2 Å². The molecule has 1 aliphatic heterocycles. The number of nitrogens with zero attached hydrogens (tertiary/aromatic N) is 1. The molecule has 5 N–H and O–H groups in total. The normalized spacial score (nSPS) is 17.6. The zero-order valence-corrected chi connectivity index (χ0v) is 28.0. The molecule has 0 radical (unpaired) electrons. The summed E-state index contributed by atoms with van der Waals surface area (Å²) < 4.78 is 15.2. The van der Waals surface area contributed by atoms with Gasteiger partial charge in [0.15, 0.2) is 10.6 Å². The molecule has 0 bridgehead atoms. The van der Waals surface area contributed by atoms with Crippen molar-refractivity contribution in [1.82, 2.24) is 4.98 Å². The average molecular weight is 683 g/mol. The van der Waals surface area contributed by atoms with Gasteiger partial charge in [-0.2, -0.15) is 0 Å². The summed E-state index contributed by atoms with van der Waals surface area (Å²) in [5, 5.41) is 15.3. The number of hydrogen-bond acceptors (Lipinski definition) is 9. The molecule has 5 aromatic rings. The summed E-state index contributed by atoms with van der Waals surface area (Å²) in [5.74, 6) is 0.447. The third-order valence-electron chi connectivity index (χ3n) is 8.02. The Balaban J connectivity index is 1.06. The lowest BCUT2D eigenvalue weighted by Gasteiger charge is -2.36. The largest absolute Gasteiger partial charge is 0.397 e. The van der Waals surface area contributed by atoms with Crippen molar-refractivity contribution in [3.63, 3.8) is 0 Å². The van der Waals surface area contributed by atoms with E-state index in [4.69, 9.17) is 20.2 Å². The molecule has 1 fully saturated rings. The molecule has 0 unspecified atom stereocenters. The van der Waals surface area contributed by atoms with Crippen LogP contribution in [-0.2, 0) is 25.7 Å². The molecule has 248 valence electrons. The number of rotatable bonds is 13. The predicted molar refractivity (Wildman–Crippen MR) is 192 cm³/mol. The summed E-state index contributed by atoms with van der Waals surface area (Å²) in [7, 11) is 0. The zero-order chi connectivity index (χ0) is 33.3. The van der Waals surface area contributed by atoms with E-state index in [-0.39, 0.29) is 30.6 Å². The summed E-state index contributed by atoms with van der Waals surface area (Å²) >= 11 is 3.36. The third kappa shape index (κ3) is 9.00. The van der Waals surface area contributed by atoms with Crippen molar-refractivity contribution < 1.29 is 24.2 Å². The Labute approximate surface area is 287 Å². The number of ether oxygens (including phenoxy) is 2. The first kappa shape index (κ1) is 33.6. The highest BCUT2D eigenvalue weighted by Gasteiger charge is 2.32. The van der Waals surface area contributed by atoms with Crippen LogP contribution in [0.2, 0.25) is 0 Å². The number of para-hydroxylation sites is 3. The topological polar surface area (TPSA) is 136 Å². The first-order valence-electron chi connectivity index (χ1n) is 16.0. The van der Waals surface area contributed by atoms with Gasteiger partial charge in [-0.25, -0.2) is 4.98 Å². The number of thioether (sulfide) groups is 1. The molecule has 11 heteroatoms. The second-order valence-electron chi connectivity index (χ2n) is 11.6. The molecule has 6 rings (SSSR count). The van der Waals surface area contributed by atoms with Gasteiger partial charge in [-0.1, -0.05) is 72.4 Å². The van der Waals surface area contributed by atoms with Crippen LogP contribution in [0.1, 0.15) is 61.2 Å². The highest BCUT2D eigenvalue weighted by Crippen LogP contribution is 2.40. The maximum Gasteiger partial charge on any atom is 0.224 e. The second-order valence-corrected chi connectivity index (χ2v) is 13.9. The van der Waals surface area contributed by atoms with Gasteiger partial charge in [-0.05, 0) is 60.4 Å². The smallest absolute Gasteiger partial charge is 0.224 e. The SMILES string of the molecule is Nc1ccccc1NC(=O)CCCCC(=O)Nc1cccc([C@H]2O[C@@H](CSc3nc4ccccc4s3)C[C@@H](c3ccc(CO)cc3)O2)c1. The van der Waals surface area contributed by atoms with Crippen molar-refractivity contribution >= 4 is 62.2 Å². The quantitative estimate of drug-likeness (QED) is 0.0560. The molecule has 4 aromatic carbocycles. The van der Waals surface area contributed by atoms with Crippen LogP contribution in [0.5, 0.6) is 0 Å². The van der Waals surface area contributed by atoms with Crippen molar-refractivity contribution in [2.75, 3.05) is 22.1 Å². The summed E-state index contributed by atoms with van der Waals surface area (Å²) in [5.41, 5.74) is 11.3. The Kier molecular flexibility index (Phi) is 11.4. The number of carbonyl (C=O) groups excluding carboxylic acids is 2. The lowest BCUT2D eigenvalue weighted by atomic mass is 10.0. The van der Waals surface area contributed by atoms with Crippen LogP contribution in [0.15, 0.2) is 101 Å². The predicted octanol–water partition coefficient (Wildman–Crippen LogP) is 7.85. The highest BCUT2D eigenvalue weighted by atomic mass is 32.2. The standard InChI is InChI=1S/C37H38N4O5S2/c38-29-10-1-2-11-30(29)40-35(44)15-6-5-14-34(43)39-27-9-7-8-26(20-27)36-45-28(21-32(46-36)25-18-16-24(22-42)17-19-25)23-47-37-41-31-12-3-4-13-33(31)48-37/h1-4,7-13,16-20,28,32,36,42H,5-6,14-15,21-23,38H2,(H,39,43)(H,40,44)/t28-,32+,36+/m1/s1. The lowest BCUT2D eigenvalue weighted by Crippen LogP contribution is -2.31. The van der Waals surface area contributed by atoms with Crippen LogP contribution >= 0.6 is 23.1 Å². The minimum Gasteiger partial charge on any atom is -0.397 e. The number of thiazole rings is 1. The molecule has 9 nitrogen and oxygen atoms in total. The number of hydrogen-bond donors (Lipinski definition) is 4. The first-order chi connectivity index (χ1) is 23.4. The summed E-state index contributed by atoms with van der Waals surface area (Å²) in [6.07, 6.45) is 1.43. The number of carbonyl (C=O) groups is 2. The summed E-state index contributed by atoms with van der Waals surface area (Å²) in [6, 6.07) is 30.6. The number of nitrogen functional groups attached to an aromatic ring is 1. The fraction of sp³-hybridized carbons (Fsp3) is 0.270. The van der Waals surface area contributed by atoms with Gasteiger partial charge < -0.3 is 30.9 Å². The molecule has 2 heterocycles. The Morgan fingerprint density at radius 3 is 2.40 bits per heavy atom. The van der Waals surface area contributed by atoms with Crippen molar-refractivity contribution in [2.24, 2.45) is 0 Å². The van der Waals surface area contributed by atoms with Crippen LogP contribution in [0.3, 0.4) is 0 Å². The van der Waals surface area contributed by atoms with Gasteiger partial charge in [0.25, 0.3) is 0 Å². The Morgan fingerprint density at radius 1 is 0.875 bits per heavy atom. The summed E-state index contributed by atoms with van der Waals surface area (Å²) in [6.45, 7) is -0.0172. The summed E-state index contributed by atoms with van der Waals surface area (Å²) in [4.78, 5) is 29.9. The molecule has 0 aliphatic carbocycles. The van der Waals surface area contributed by atoms with Gasteiger partial charge in [0.05, 0.1) is 40.4 Å². The maximum atomic E-state index is 12.8. The Morgan fingerprint density at radius 2 is 1.62 bits per heavy atom. The number of nitrogens with two attached hydrogens (primary N) is 1. The second kappa shape index (κ2) is 16.2. The van der Waals surface area contributed by atoms with E-state index in [1.807, 2.05) is 78.9 Å². The van der Waals surface area contributed by atoms with E-state index < -0.39 is 6.29 Å². The van der Waals surface area contributed by atoms with Crippen LogP contribution in [0, 0.1) is 0 Å². The van der Waals surface area contributed by atoms with Crippen molar-refractivity contribution in [3.8, 4) is 0 Å². The number of unbranched alkanes of at least 4 members (excludes halogenated alkanes) is 1. The fourth-order valence-electron chi connectivity index (χ4n) is 5.48. The molecular formula is C37H38N4O5S2. The Bertz CT molecular complexity index is 1810. The molecule has 3 atom stereocenters. The van der Waals surface area contributed by atoms with Gasteiger partial charge in [0, 0.05) is 36.3 Å². The number of aliphatic hydroxyl groups is 1. The molecule has 2 amide bonds. The zero-order valence-electron chi connectivity index (χ0n) is 26.3. The molecule has 48 heavy (non-hydrogen) atoms. The average Bonchev–Trinajstić information content (AvgIpc) is 3.53. The maximum absolute atomic E-state index is 12.8. The van der Waals surface area contributed by atoms with Crippen LogP contribution in [0.4, 0.5) is 17.1 Å². The van der Waals surface area contributed by atoms with E-state index >= 15 is 0 Å². The number of amides is 2.